The lowest BCUT2D eigenvalue weighted by Crippen LogP contribution is -2.41. The van der Waals surface area contributed by atoms with Crippen molar-refractivity contribution in [3.8, 4) is 0 Å². The number of hydrogen-bond donors (Lipinski definition) is 2. The maximum Gasteiger partial charge on any atom is 0.109 e. The van der Waals surface area contributed by atoms with E-state index in [9.17, 15) is 0 Å². The van der Waals surface area contributed by atoms with Crippen molar-refractivity contribution in [2.24, 2.45) is 0 Å². The SMILES string of the molecule is CCC(NC1CCNCC1)c1nccs1. The summed E-state index contributed by atoms with van der Waals surface area (Å²) in [5.41, 5.74) is 0. The van der Waals surface area contributed by atoms with Crippen molar-refractivity contribution < 1.29 is 0 Å². The molecule has 15 heavy (non-hydrogen) atoms. The van der Waals surface area contributed by atoms with Gasteiger partial charge in [0.05, 0.1) is 6.04 Å². The van der Waals surface area contributed by atoms with Crippen LogP contribution in [0.2, 0.25) is 0 Å². The van der Waals surface area contributed by atoms with Crippen LogP contribution >= 0.6 is 11.3 Å². The molecule has 1 unspecified atom stereocenters. The predicted octanol–water partition coefficient (Wildman–Crippen LogP) is 1.94. The molecule has 84 valence electrons. The highest BCUT2D eigenvalue weighted by atomic mass is 32.1. The average molecular weight is 225 g/mol. The monoisotopic (exact) mass is 225 g/mol. The van der Waals surface area contributed by atoms with E-state index in [-0.39, 0.29) is 0 Å². The lowest BCUT2D eigenvalue weighted by molar-refractivity contribution is 0.345. The zero-order chi connectivity index (χ0) is 10.5. The Hall–Kier alpha value is -0.450. The molecule has 2 N–H and O–H groups in total. The van der Waals surface area contributed by atoms with Gasteiger partial charge in [0, 0.05) is 17.6 Å². The van der Waals surface area contributed by atoms with Gasteiger partial charge >= 0.3 is 0 Å². The molecule has 0 amide bonds. The normalized spacial score (nSPS) is 20.3. The quantitative estimate of drug-likeness (QED) is 0.822. The second-order valence-corrected chi connectivity index (χ2v) is 4.95. The van der Waals surface area contributed by atoms with Gasteiger partial charge in [-0.05, 0) is 32.4 Å². The molecular weight excluding hydrogens is 206 g/mol. The molecular formula is C11H19N3S. The molecule has 1 aliphatic heterocycles. The van der Waals surface area contributed by atoms with Gasteiger partial charge in [0.25, 0.3) is 0 Å². The standard InChI is InChI=1S/C11H19N3S/c1-2-10(11-13-7-8-15-11)14-9-3-5-12-6-4-9/h7-10,12,14H,2-6H2,1H3. The highest BCUT2D eigenvalue weighted by Crippen LogP contribution is 2.20. The van der Waals surface area contributed by atoms with Crippen LogP contribution in [0.25, 0.3) is 0 Å². The van der Waals surface area contributed by atoms with E-state index in [4.69, 9.17) is 0 Å². The van der Waals surface area contributed by atoms with Crippen LogP contribution in [0.3, 0.4) is 0 Å². The molecule has 0 bridgehead atoms. The van der Waals surface area contributed by atoms with E-state index in [1.54, 1.807) is 11.3 Å². The molecule has 2 rings (SSSR count). The van der Waals surface area contributed by atoms with Crippen molar-refractivity contribution in [3.63, 3.8) is 0 Å². The molecule has 2 heterocycles. The number of thiazole rings is 1. The van der Waals surface area contributed by atoms with E-state index < -0.39 is 0 Å². The van der Waals surface area contributed by atoms with Crippen LogP contribution in [0, 0.1) is 0 Å². The van der Waals surface area contributed by atoms with E-state index in [2.05, 4.69) is 27.9 Å². The molecule has 0 aromatic carbocycles. The molecule has 1 aromatic heterocycles. The summed E-state index contributed by atoms with van der Waals surface area (Å²) in [5, 5.41) is 10.4. The zero-order valence-corrected chi connectivity index (χ0v) is 10.0. The van der Waals surface area contributed by atoms with Crippen molar-refractivity contribution in [1.82, 2.24) is 15.6 Å². The summed E-state index contributed by atoms with van der Waals surface area (Å²) in [5.74, 6) is 0. The third-order valence-electron chi connectivity index (χ3n) is 2.93. The van der Waals surface area contributed by atoms with Gasteiger partial charge in [0.1, 0.15) is 5.01 Å². The van der Waals surface area contributed by atoms with E-state index in [0.29, 0.717) is 12.1 Å². The molecule has 0 radical (unpaired) electrons. The van der Waals surface area contributed by atoms with E-state index in [0.717, 1.165) is 19.5 Å². The first-order valence-corrected chi connectivity index (χ1v) is 6.64. The van der Waals surface area contributed by atoms with Crippen LogP contribution in [0.5, 0.6) is 0 Å². The highest BCUT2D eigenvalue weighted by Gasteiger charge is 2.18. The molecule has 0 saturated carbocycles. The Labute approximate surface area is 95.3 Å². The van der Waals surface area contributed by atoms with E-state index in [1.165, 1.54) is 17.8 Å². The third-order valence-corrected chi connectivity index (χ3v) is 3.82. The molecule has 1 fully saturated rings. The first-order valence-electron chi connectivity index (χ1n) is 5.76. The van der Waals surface area contributed by atoms with Crippen molar-refractivity contribution >= 4 is 11.3 Å². The van der Waals surface area contributed by atoms with Gasteiger partial charge in [-0.15, -0.1) is 11.3 Å². The summed E-state index contributed by atoms with van der Waals surface area (Å²) < 4.78 is 0. The number of rotatable bonds is 4. The third kappa shape index (κ3) is 3.00. The second kappa shape index (κ2) is 5.58. The summed E-state index contributed by atoms with van der Waals surface area (Å²) >= 11 is 1.75. The fourth-order valence-electron chi connectivity index (χ4n) is 2.04. The Morgan fingerprint density at radius 3 is 3.00 bits per heavy atom. The molecule has 1 aliphatic rings. The predicted molar refractivity (Wildman–Crippen MR) is 64.2 cm³/mol. The van der Waals surface area contributed by atoms with Crippen molar-refractivity contribution in [1.29, 1.82) is 0 Å². The first kappa shape index (κ1) is 11.0. The minimum absolute atomic E-state index is 0.452. The van der Waals surface area contributed by atoms with Gasteiger partial charge in [-0.3, -0.25) is 0 Å². The van der Waals surface area contributed by atoms with Crippen molar-refractivity contribution in [2.45, 2.75) is 38.3 Å². The van der Waals surface area contributed by atoms with Crippen LogP contribution in [-0.4, -0.2) is 24.1 Å². The molecule has 3 nitrogen and oxygen atoms in total. The van der Waals surface area contributed by atoms with Gasteiger partial charge in [-0.2, -0.15) is 0 Å². The molecule has 1 atom stereocenters. The van der Waals surface area contributed by atoms with Gasteiger partial charge in [0.15, 0.2) is 0 Å². The first-order chi connectivity index (χ1) is 7.40. The van der Waals surface area contributed by atoms with Gasteiger partial charge in [0.2, 0.25) is 0 Å². The van der Waals surface area contributed by atoms with Crippen molar-refractivity contribution in [3.05, 3.63) is 16.6 Å². The fourth-order valence-corrected chi connectivity index (χ4v) is 2.83. The van der Waals surface area contributed by atoms with E-state index >= 15 is 0 Å². The summed E-state index contributed by atoms with van der Waals surface area (Å²) in [4.78, 5) is 4.39. The summed E-state index contributed by atoms with van der Waals surface area (Å²) in [6, 6.07) is 1.12. The van der Waals surface area contributed by atoms with Gasteiger partial charge < -0.3 is 10.6 Å². The number of nitrogens with one attached hydrogen (secondary N) is 2. The Morgan fingerprint density at radius 1 is 1.60 bits per heavy atom. The molecule has 0 spiro atoms. The minimum atomic E-state index is 0.452. The molecule has 1 saturated heterocycles. The highest BCUT2D eigenvalue weighted by molar-refractivity contribution is 7.09. The minimum Gasteiger partial charge on any atom is -0.317 e. The van der Waals surface area contributed by atoms with Crippen LogP contribution < -0.4 is 10.6 Å². The number of hydrogen-bond acceptors (Lipinski definition) is 4. The van der Waals surface area contributed by atoms with Crippen molar-refractivity contribution in [2.75, 3.05) is 13.1 Å². The zero-order valence-electron chi connectivity index (χ0n) is 9.20. The average Bonchev–Trinajstić information content (AvgIpc) is 2.81. The largest absolute Gasteiger partial charge is 0.317 e. The molecule has 1 aromatic rings. The number of nitrogens with zero attached hydrogens (tertiary/aromatic N) is 1. The molecule has 0 aliphatic carbocycles. The van der Waals surface area contributed by atoms with Crippen LogP contribution in [0.15, 0.2) is 11.6 Å². The topological polar surface area (TPSA) is 37.0 Å². The van der Waals surface area contributed by atoms with Crippen LogP contribution in [-0.2, 0) is 0 Å². The van der Waals surface area contributed by atoms with Crippen LogP contribution in [0.4, 0.5) is 0 Å². The second-order valence-electron chi connectivity index (χ2n) is 4.02. The fraction of sp³-hybridized carbons (Fsp3) is 0.727. The lowest BCUT2D eigenvalue weighted by Gasteiger charge is -2.27. The Balaban J connectivity index is 1.90. The number of piperidine rings is 1. The van der Waals surface area contributed by atoms with Crippen LogP contribution in [0.1, 0.15) is 37.2 Å². The van der Waals surface area contributed by atoms with Gasteiger partial charge in [-0.1, -0.05) is 6.92 Å². The maximum absolute atomic E-state index is 4.39. The van der Waals surface area contributed by atoms with E-state index in [1.807, 2.05) is 6.20 Å². The Morgan fingerprint density at radius 2 is 2.40 bits per heavy atom. The Kier molecular flexibility index (Phi) is 4.11. The maximum atomic E-state index is 4.39. The summed E-state index contributed by atoms with van der Waals surface area (Å²) in [6.07, 6.45) is 5.49. The smallest absolute Gasteiger partial charge is 0.109 e. The summed E-state index contributed by atoms with van der Waals surface area (Å²) in [6.45, 7) is 4.51. The number of aromatic nitrogens is 1. The summed E-state index contributed by atoms with van der Waals surface area (Å²) in [7, 11) is 0. The van der Waals surface area contributed by atoms with Gasteiger partial charge in [-0.25, -0.2) is 4.98 Å². The molecule has 4 heteroatoms. The lowest BCUT2D eigenvalue weighted by atomic mass is 10.0. The Bertz CT molecular complexity index is 267.